The van der Waals surface area contributed by atoms with Crippen LogP contribution in [0.2, 0.25) is 0 Å². The Kier molecular flexibility index (Phi) is 5.59. The predicted octanol–water partition coefficient (Wildman–Crippen LogP) is 1.82. The van der Waals surface area contributed by atoms with Gasteiger partial charge in [0.25, 0.3) is 0 Å². The molecular formula is C13H25NO2. The molecule has 2 saturated heterocycles. The highest BCUT2D eigenvalue weighted by atomic mass is 16.5. The summed E-state index contributed by atoms with van der Waals surface area (Å²) in [7, 11) is 0. The molecule has 0 aliphatic carbocycles. The number of piperidine rings is 1. The summed E-state index contributed by atoms with van der Waals surface area (Å²) in [5.41, 5.74) is 0. The van der Waals surface area contributed by atoms with Gasteiger partial charge >= 0.3 is 0 Å². The summed E-state index contributed by atoms with van der Waals surface area (Å²) in [5.74, 6) is 1.65. The lowest BCUT2D eigenvalue weighted by atomic mass is 9.95. The second-order valence-corrected chi connectivity index (χ2v) is 5.11. The van der Waals surface area contributed by atoms with Crippen molar-refractivity contribution in [3.63, 3.8) is 0 Å². The second kappa shape index (κ2) is 7.25. The maximum absolute atomic E-state index is 5.80. The molecule has 94 valence electrons. The molecule has 0 unspecified atom stereocenters. The fourth-order valence-corrected chi connectivity index (χ4v) is 2.58. The van der Waals surface area contributed by atoms with Gasteiger partial charge in [0.15, 0.2) is 0 Å². The highest BCUT2D eigenvalue weighted by Gasteiger charge is 2.15. The number of hydrogen-bond acceptors (Lipinski definition) is 3. The maximum Gasteiger partial charge on any atom is 0.0495 e. The van der Waals surface area contributed by atoms with Crippen LogP contribution in [-0.2, 0) is 9.47 Å². The molecule has 16 heavy (non-hydrogen) atoms. The van der Waals surface area contributed by atoms with Gasteiger partial charge < -0.3 is 14.8 Å². The topological polar surface area (TPSA) is 30.5 Å². The van der Waals surface area contributed by atoms with Crippen LogP contribution in [0.5, 0.6) is 0 Å². The standard InChI is InChI=1S/C13H25NO2/c1-6-14-7-2-12(1)3-10-16-11-13-4-8-15-9-5-13/h12-14H,1-11H2. The van der Waals surface area contributed by atoms with Crippen molar-refractivity contribution in [2.24, 2.45) is 11.8 Å². The Hall–Kier alpha value is -0.120. The van der Waals surface area contributed by atoms with E-state index in [1.807, 2.05) is 0 Å². The van der Waals surface area contributed by atoms with Crippen molar-refractivity contribution in [3.05, 3.63) is 0 Å². The van der Waals surface area contributed by atoms with E-state index in [9.17, 15) is 0 Å². The van der Waals surface area contributed by atoms with Crippen molar-refractivity contribution in [2.75, 3.05) is 39.5 Å². The van der Waals surface area contributed by atoms with Crippen LogP contribution in [0.1, 0.15) is 32.1 Å². The SMILES string of the molecule is C1CC(CCOCC2CCOCC2)CCN1. The summed E-state index contributed by atoms with van der Waals surface area (Å²) in [6.07, 6.45) is 6.30. The van der Waals surface area contributed by atoms with Crippen LogP contribution >= 0.6 is 0 Å². The van der Waals surface area contributed by atoms with E-state index in [1.165, 1.54) is 45.2 Å². The van der Waals surface area contributed by atoms with Gasteiger partial charge in [-0.1, -0.05) is 0 Å². The molecule has 2 fully saturated rings. The molecule has 3 heteroatoms. The van der Waals surface area contributed by atoms with Crippen LogP contribution in [0.25, 0.3) is 0 Å². The fraction of sp³-hybridized carbons (Fsp3) is 1.00. The fourth-order valence-electron chi connectivity index (χ4n) is 2.58. The third-order valence-corrected chi connectivity index (χ3v) is 3.82. The van der Waals surface area contributed by atoms with Gasteiger partial charge in [-0.05, 0) is 57.0 Å². The summed E-state index contributed by atoms with van der Waals surface area (Å²) in [5, 5.41) is 3.40. The Labute approximate surface area is 98.9 Å². The molecule has 2 heterocycles. The first kappa shape index (κ1) is 12.3. The minimum absolute atomic E-state index is 0.752. The summed E-state index contributed by atoms with van der Waals surface area (Å²) in [4.78, 5) is 0. The average Bonchev–Trinajstić information content (AvgIpc) is 2.37. The molecule has 0 amide bonds. The molecule has 3 nitrogen and oxygen atoms in total. The van der Waals surface area contributed by atoms with E-state index in [2.05, 4.69) is 5.32 Å². The zero-order chi connectivity index (χ0) is 11.1. The van der Waals surface area contributed by atoms with E-state index in [-0.39, 0.29) is 0 Å². The molecule has 0 bridgehead atoms. The van der Waals surface area contributed by atoms with Crippen molar-refractivity contribution in [3.8, 4) is 0 Å². The second-order valence-electron chi connectivity index (χ2n) is 5.11. The molecule has 0 aromatic heterocycles. The quantitative estimate of drug-likeness (QED) is 0.727. The van der Waals surface area contributed by atoms with Crippen LogP contribution in [0.4, 0.5) is 0 Å². The highest BCUT2D eigenvalue weighted by Crippen LogP contribution is 2.17. The molecular weight excluding hydrogens is 202 g/mol. The first-order valence-corrected chi connectivity index (χ1v) is 6.81. The van der Waals surface area contributed by atoms with E-state index < -0.39 is 0 Å². The average molecular weight is 227 g/mol. The molecule has 0 radical (unpaired) electrons. The highest BCUT2D eigenvalue weighted by molar-refractivity contribution is 4.68. The molecule has 0 aromatic rings. The maximum atomic E-state index is 5.80. The van der Waals surface area contributed by atoms with E-state index in [0.717, 1.165) is 38.3 Å². The lowest BCUT2D eigenvalue weighted by Gasteiger charge is -2.24. The van der Waals surface area contributed by atoms with Gasteiger partial charge in [0.05, 0.1) is 0 Å². The number of nitrogens with one attached hydrogen (secondary N) is 1. The predicted molar refractivity (Wildman–Crippen MR) is 64.6 cm³/mol. The molecule has 1 N–H and O–H groups in total. The number of hydrogen-bond donors (Lipinski definition) is 1. The summed E-state index contributed by atoms with van der Waals surface area (Å²) in [6.45, 7) is 6.18. The molecule has 0 atom stereocenters. The first-order valence-electron chi connectivity index (χ1n) is 6.81. The Balaban J connectivity index is 1.47. The van der Waals surface area contributed by atoms with E-state index in [0.29, 0.717) is 0 Å². The van der Waals surface area contributed by atoms with Crippen molar-refractivity contribution < 1.29 is 9.47 Å². The third-order valence-electron chi connectivity index (χ3n) is 3.82. The Morgan fingerprint density at radius 2 is 1.75 bits per heavy atom. The summed E-state index contributed by atoms with van der Waals surface area (Å²) in [6, 6.07) is 0. The summed E-state index contributed by atoms with van der Waals surface area (Å²) < 4.78 is 11.1. The zero-order valence-electron chi connectivity index (χ0n) is 10.2. The normalized spacial score (nSPS) is 24.8. The van der Waals surface area contributed by atoms with Crippen LogP contribution in [0, 0.1) is 11.8 Å². The van der Waals surface area contributed by atoms with Crippen LogP contribution in [-0.4, -0.2) is 39.5 Å². The van der Waals surface area contributed by atoms with E-state index in [1.54, 1.807) is 0 Å². The van der Waals surface area contributed by atoms with Gasteiger partial charge in [-0.15, -0.1) is 0 Å². The lowest BCUT2D eigenvalue weighted by Crippen LogP contribution is -2.28. The smallest absolute Gasteiger partial charge is 0.0495 e. The molecule has 0 spiro atoms. The minimum atomic E-state index is 0.752. The number of ether oxygens (including phenoxy) is 2. The molecule has 2 aliphatic rings. The molecule has 2 aliphatic heterocycles. The summed E-state index contributed by atoms with van der Waals surface area (Å²) >= 11 is 0. The monoisotopic (exact) mass is 227 g/mol. The largest absolute Gasteiger partial charge is 0.381 e. The third kappa shape index (κ3) is 4.40. The van der Waals surface area contributed by atoms with E-state index in [4.69, 9.17) is 9.47 Å². The Morgan fingerprint density at radius 1 is 1.00 bits per heavy atom. The van der Waals surface area contributed by atoms with Crippen molar-refractivity contribution in [2.45, 2.75) is 32.1 Å². The molecule has 0 saturated carbocycles. The van der Waals surface area contributed by atoms with Gasteiger partial charge in [0, 0.05) is 26.4 Å². The van der Waals surface area contributed by atoms with Gasteiger partial charge in [0.1, 0.15) is 0 Å². The van der Waals surface area contributed by atoms with Crippen LogP contribution in [0.15, 0.2) is 0 Å². The van der Waals surface area contributed by atoms with Gasteiger partial charge in [-0.25, -0.2) is 0 Å². The van der Waals surface area contributed by atoms with Crippen molar-refractivity contribution in [1.29, 1.82) is 0 Å². The Morgan fingerprint density at radius 3 is 2.50 bits per heavy atom. The van der Waals surface area contributed by atoms with Gasteiger partial charge in [-0.3, -0.25) is 0 Å². The van der Waals surface area contributed by atoms with Crippen molar-refractivity contribution in [1.82, 2.24) is 5.32 Å². The van der Waals surface area contributed by atoms with Gasteiger partial charge in [0.2, 0.25) is 0 Å². The van der Waals surface area contributed by atoms with Crippen LogP contribution in [0.3, 0.4) is 0 Å². The van der Waals surface area contributed by atoms with Crippen molar-refractivity contribution >= 4 is 0 Å². The zero-order valence-corrected chi connectivity index (χ0v) is 10.2. The Bertz CT molecular complexity index is 155. The lowest BCUT2D eigenvalue weighted by molar-refractivity contribution is 0.0170. The van der Waals surface area contributed by atoms with Gasteiger partial charge in [-0.2, -0.15) is 0 Å². The molecule has 0 aromatic carbocycles. The minimum Gasteiger partial charge on any atom is -0.381 e. The molecule has 2 rings (SSSR count). The van der Waals surface area contributed by atoms with E-state index >= 15 is 0 Å². The van der Waals surface area contributed by atoms with Crippen LogP contribution < -0.4 is 5.32 Å². The number of rotatable bonds is 5. The first-order chi connectivity index (χ1) is 7.95.